The molecule has 0 heterocycles. The normalized spacial score (nSPS) is 17.2. The van der Waals surface area contributed by atoms with Crippen molar-refractivity contribution >= 4 is 45.7 Å². The second-order valence-corrected chi connectivity index (χ2v) is 7.05. The SMILES string of the molecule is NC(=S)C(NC(=O)c1ccc(I)c(O)c1)C1CCCCC1. The topological polar surface area (TPSA) is 75.3 Å². The highest BCUT2D eigenvalue weighted by molar-refractivity contribution is 14.1. The highest BCUT2D eigenvalue weighted by Crippen LogP contribution is 2.27. The molecule has 0 aliphatic heterocycles. The summed E-state index contributed by atoms with van der Waals surface area (Å²) >= 11 is 7.14. The standard InChI is InChI=1S/C15H19IN2O2S/c16-11-7-6-10(8-12(11)19)15(20)18-13(14(17)21)9-4-2-1-3-5-9/h6-9,13,19H,1-5H2,(H2,17,21)(H,18,20). The summed E-state index contributed by atoms with van der Waals surface area (Å²) in [5.74, 6) is 0.176. The highest BCUT2D eigenvalue weighted by atomic mass is 127. The smallest absolute Gasteiger partial charge is 0.251 e. The molecular weight excluding hydrogens is 399 g/mol. The maximum absolute atomic E-state index is 12.3. The number of nitrogens with two attached hydrogens (primary N) is 1. The Kier molecular flexibility index (Phi) is 5.80. The van der Waals surface area contributed by atoms with Crippen LogP contribution in [0.4, 0.5) is 0 Å². The van der Waals surface area contributed by atoms with Crippen LogP contribution in [0.1, 0.15) is 42.5 Å². The number of rotatable bonds is 4. The second-order valence-electron chi connectivity index (χ2n) is 5.42. The van der Waals surface area contributed by atoms with Gasteiger partial charge in [-0.25, -0.2) is 0 Å². The zero-order chi connectivity index (χ0) is 15.4. The summed E-state index contributed by atoms with van der Waals surface area (Å²) in [5, 5.41) is 12.6. The largest absolute Gasteiger partial charge is 0.507 e. The van der Waals surface area contributed by atoms with E-state index in [0.29, 0.717) is 20.0 Å². The molecule has 1 fully saturated rings. The number of halogens is 1. The van der Waals surface area contributed by atoms with Crippen molar-refractivity contribution in [3.8, 4) is 5.75 Å². The molecule has 1 atom stereocenters. The summed E-state index contributed by atoms with van der Waals surface area (Å²) in [7, 11) is 0. The number of nitrogens with one attached hydrogen (secondary N) is 1. The summed E-state index contributed by atoms with van der Waals surface area (Å²) in [5.41, 5.74) is 6.24. The fourth-order valence-electron chi connectivity index (χ4n) is 2.77. The Balaban J connectivity index is 2.10. The van der Waals surface area contributed by atoms with Crippen LogP contribution in [-0.2, 0) is 0 Å². The third-order valence-corrected chi connectivity index (χ3v) is 5.09. The average molecular weight is 418 g/mol. The first-order valence-corrected chi connectivity index (χ1v) is 8.56. The Bertz CT molecular complexity index is 544. The molecule has 21 heavy (non-hydrogen) atoms. The molecule has 0 spiro atoms. The number of thiocarbonyl (C=S) groups is 1. The van der Waals surface area contributed by atoms with Crippen LogP contribution in [0.2, 0.25) is 0 Å². The van der Waals surface area contributed by atoms with Gasteiger partial charge in [0.25, 0.3) is 5.91 Å². The predicted octanol–water partition coefficient (Wildman–Crippen LogP) is 2.96. The van der Waals surface area contributed by atoms with Crippen LogP contribution in [0.3, 0.4) is 0 Å². The lowest BCUT2D eigenvalue weighted by molar-refractivity contribution is 0.0931. The van der Waals surface area contributed by atoms with Gasteiger partial charge >= 0.3 is 0 Å². The molecule has 1 saturated carbocycles. The van der Waals surface area contributed by atoms with Crippen LogP contribution >= 0.6 is 34.8 Å². The molecule has 1 aliphatic carbocycles. The Hall–Kier alpha value is -0.890. The Labute approximate surface area is 143 Å². The van der Waals surface area contributed by atoms with Crippen molar-refractivity contribution in [2.75, 3.05) is 0 Å². The molecule has 1 aromatic carbocycles. The molecule has 2 rings (SSSR count). The summed E-state index contributed by atoms with van der Waals surface area (Å²) in [6.07, 6.45) is 5.63. The van der Waals surface area contributed by atoms with Gasteiger partial charge in [-0.2, -0.15) is 0 Å². The minimum Gasteiger partial charge on any atom is -0.507 e. The van der Waals surface area contributed by atoms with E-state index >= 15 is 0 Å². The van der Waals surface area contributed by atoms with E-state index in [4.69, 9.17) is 18.0 Å². The fourth-order valence-corrected chi connectivity index (χ4v) is 3.35. The van der Waals surface area contributed by atoms with E-state index in [9.17, 15) is 9.90 Å². The van der Waals surface area contributed by atoms with Gasteiger partial charge in [0.05, 0.1) is 14.6 Å². The van der Waals surface area contributed by atoms with Gasteiger partial charge in [-0.15, -0.1) is 0 Å². The van der Waals surface area contributed by atoms with E-state index in [0.717, 1.165) is 25.7 Å². The molecular formula is C15H19IN2O2S. The molecule has 6 heteroatoms. The Morgan fingerprint density at radius 3 is 2.62 bits per heavy atom. The minimum absolute atomic E-state index is 0.104. The molecule has 0 bridgehead atoms. The zero-order valence-corrected chi connectivity index (χ0v) is 14.6. The van der Waals surface area contributed by atoms with Crippen molar-refractivity contribution in [1.82, 2.24) is 5.32 Å². The number of aromatic hydroxyl groups is 1. The number of phenols is 1. The first-order chi connectivity index (χ1) is 9.99. The Morgan fingerprint density at radius 2 is 2.05 bits per heavy atom. The van der Waals surface area contributed by atoms with Gasteiger partial charge in [-0.05, 0) is 59.5 Å². The van der Waals surface area contributed by atoms with Gasteiger partial charge in [0.2, 0.25) is 0 Å². The summed E-state index contributed by atoms with van der Waals surface area (Å²) in [6, 6.07) is 4.60. The molecule has 1 amide bonds. The average Bonchev–Trinajstić information content (AvgIpc) is 2.48. The lowest BCUT2D eigenvalue weighted by Gasteiger charge is -2.30. The number of amides is 1. The third-order valence-electron chi connectivity index (χ3n) is 3.92. The fraction of sp³-hybridized carbons (Fsp3) is 0.467. The van der Waals surface area contributed by atoms with Crippen LogP contribution in [0, 0.1) is 9.49 Å². The van der Waals surface area contributed by atoms with Crippen molar-refractivity contribution in [1.29, 1.82) is 0 Å². The number of phenolic OH excluding ortho intramolecular Hbond substituents is 1. The number of benzene rings is 1. The highest BCUT2D eigenvalue weighted by Gasteiger charge is 2.27. The molecule has 0 aromatic heterocycles. The number of carbonyl (C=O) groups excluding carboxylic acids is 1. The maximum Gasteiger partial charge on any atom is 0.251 e. The van der Waals surface area contributed by atoms with Crippen LogP contribution in [0.5, 0.6) is 5.75 Å². The number of carbonyl (C=O) groups is 1. The van der Waals surface area contributed by atoms with Gasteiger partial charge in [0, 0.05) is 5.56 Å². The summed E-state index contributed by atoms with van der Waals surface area (Å²) in [6.45, 7) is 0. The Morgan fingerprint density at radius 1 is 1.38 bits per heavy atom. The third kappa shape index (κ3) is 4.29. The molecule has 1 aromatic rings. The zero-order valence-electron chi connectivity index (χ0n) is 11.6. The van der Waals surface area contributed by atoms with E-state index in [-0.39, 0.29) is 17.7 Å². The van der Waals surface area contributed by atoms with Gasteiger partial charge < -0.3 is 16.2 Å². The van der Waals surface area contributed by atoms with Crippen LogP contribution in [0.15, 0.2) is 18.2 Å². The van der Waals surface area contributed by atoms with Crippen molar-refractivity contribution in [2.45, 2.75) is 38.1 Å². The maximum atomic E-state index is 12.3. The number of hydrogen-bond donors (Lipinski definition) is 3. The first kappa shape index (κ1) is 16.5. The molecule has 4 N–H and O–H groups in total. The van der Waals surface area contributed by atoms with E-state index < -0.39 is 0 Å². The first-order valence-electron chi connectivity index (χ1n) is 7.07. The molecule has 114 valence electrons. The lowest BCUT2D eigenvalue weighted by Crippen LogP contribution is -2.48. The second kappa shape index (κ2) is 7.40. The van der Waals surface area contributed by atoms with Crippen LogP contribution < -0.4 is 11.1 Å². The quantitative estimate of drug-likeness (QED) is 0.519. The summed E-state index contributed by atoms with van der Waals surface area (Å²) < 4.78 is 0.710. The van der Waals surface area contributed by atoms with E-state index in [1.54, 1.807) is 12.1 Å². The van der Waals surface area contributed by atoms with Crippen molar-refractivity contribution in [3.63, 3.8) is 0 Å². The van der Waals surface area contributed by atoms with Crippen molar-refractivity contribution in [3.05, 3.63) is 27.3 Å². The van der Waals surface area contributed by atoms with E-state index in [1.807, 2.05) is 22.6 Å². The molecule has 0 saturated heterocycles. The molecule has 0 radical (unpaired) electrons. The molecule has 4 nitrogen and oxygen atoms in total. The van der Waals surface area contributed by atoms with Crippen LogP contribution in [0.25, 0.3) is 0 Å². The minimum atomic E-state index is -0.269. The monoisotopic (exact) mass is 418 g/mol. The van der Waals surface area contributed by atoms with Gasteiger partial charge in [-0.1, -0.05) is 31.5 Å². The van der Waals surface area contributed by atoms with Gasteiger partial charge in [-0.3, -0.25) is 4.79 Å². The van der Waals surface area contributed by atoms with E-state index in [2.05, 4.69) is 5.32 Å². The summed E-state index contributed by atoms with van der Waals surface area (Å²) in [4.78, 5) is 12.7. The van der Waals surface area contributed by atoms with Gasteiger partial charge in [0.1, 0.15) is 5.75 Å². The molecule has 1 unspecified atom stereocenters. The van der Waals surface area contributed by atoms with Crippen molar-refractivity contribution in [2.24, 2.45) is 11.7 Å². The number of hydrogen-bond acceptors (Lipinski definition) is 3. The lowest BCUT2D eigenvalue weighted by atomic mass is 9.83. The van der Waals surface area contributed by atoms with Crippen LogP contribution in [-0.4, -0.2) is 22.0 Å². The van der Waals surface area contributed by atoms with Crippen molar-refractivity contribution < 1.29 is 9.90 Å². The molecule has 1 aliphatic rings. The van der Waals surface area contributed by atoms with E-state index in [1.165, 1.54) is 12.5 Å². The predicted molar refractivity (Wildman–Crippen MR) is 95.4 cm³/mol. The van der Waals surface area contributed by atoms with Gasteiger partial charge in [0.15, 0.2) is 0 Å².